The fraction of sp³-hybridized carbons (Fsp3) is 0.133. The van der Waals surface area contributed by atoms with Crippen LogP contribution in [0.25, 0.3) is 10.1 Å². The standard InChI is InChI=1S/C15H12OS2/c16-13(7-11-5-6-17-9-11)8-12-10-18-15-4-2-1-3-14(12)15/h1-6,9-10H,7-8H2. The summed E-state index contributed by atoms with van der Waals surface area (Å²) in [6.45, 7) is 0. The van der Waals surface area contributed by atoms with Crippen LogP contribution in [0.1, 0.15) is 11.1 Å². The third kappa shape index (κ3) is 2.37. The number of rotatable bonds is 4. The molecule has 0 radical (unpaired) electrons. The maximum absolute atomic E-state index is 12.0. The fourth-order valence-corrected chi connectivity index (χ4v) is 3.70. The number of Topliss-reactive ketones (excluding diaryl/α,β-unsaturated/α-hetero) is 1. The first-order valence-corrected chi connectivity index (χ1v) is 7.63. The van der Waals surface area contributed by atoms with Crippen molar-refractivity contribution in [3.8, 4) is 0 Å². The summed E-state index contributed by atoms with van der Waals surface area (Å²) in [5.41, 5.74) is 2.29. The number of hydrogen-bond donors (Lipinski definition) is 0. The molecule has 0 bridgehead atoms. The van der Waals surface area contributed by atoms with E-state index in [2.05, 4.69) is 17.5 Å². The number of thiophene rings is 2. The Kier molecular flexibility index (Phi) is 3.26. The van der Waals surface area contributed by atoms with Crippen LogP contribution in [-0.2, 0) is 17.6 Å². The van der Waals surface area contributed by atoms with Crippen molar-refractivity contribution in [1.29, 1.82) is 0 Å². The molecular formula is C15H12OS2. The molecule has 0 aliphatic carbocycles. The van der Waals surface area contributed by atoms with Gasteiger partial charge in [-0.05, 0) is 44.8 Å². The van der Waals surface area contributed by atoms with Gasteiger partial charge in [0.2, 0.25) is 0 Å². The maximum Gasteiger partial charge on any atom is 0.141 e. The molecule has 2 aromatic heterocycles. The Hall–Kier alpha value is -1.45. The summed E-state index contributed by atoms with van der Waals surface area (Å²) in [5, 5.41) is 7.39. The minimum absolute atomic E-state index is 0.289. The smallest absolute Gasteiger partial charge is 0.141 e. The zero-order valence-electron chi connectivity index (χ0n) is 9.76. The molecular weight excluding hydrogens is 260 g/mol. The number of hydrogen-bond acceptors (Lipinski definition) is 3. The van der Waals surface area contributed by atoms with Gasteiger partial charge in [0, 0.05) is 17.5 Å². The molecule has 0 N–H and O–H groups in total. The molecule has 2 heterocycles. The van der Waals surface area contributed by atoms with E-state index >= 15 is 0 Å². The molecule has 0 amide bonds. The predicted molar refractivity (Wildman–Crippen MR) is 78.6 cm³/mol. The Morgan fingerprint density at radius 1 is 1.06 bits per heavy atom. The average molecular weight is 272 g/mol. The fourth-order valence-electron chi connectivity index (χ4n) is 2.07. The number of carbonyl (C=O) groups excluding carboxylic acids is 1. The topological polar surface area (TPSA) is 17.1 Å². The van der Waals surface area contributed by atoms with E-state index in [0.717, 1.165) is 11.1 Å². The van der Waals surface area contributed by atoms with Gasteiger partial charge in [-0.3, -0.25) is 4.79 Å². The largest absolute Gasteiger partial charge is 0.299 e. The summed E-state index contributed by atoms with van der Waals surface area (Å²) in [4.78, 5) is 12.0. The average Bonchev–Trinajstić information content (AvgIpc) is 3.00. The number of benzene rings is 1. The van der Waals surface area contributed by atoms with Gasteiger partial charge in [-0.1, -0.05) is 18.2 Å². The van der Waals surface area contributed by atoms with Crippen molar-refractivity contribution in [3.05, 3.63) is 57.6 Å². The lowest BCUT2D eigenvalue weighted by Crippen LogP contribution is -2.05. The molecule has 18 heavy (non-hydrogen) atoms. The zero-order chi connectivity index (χ0) is 12.4. The molecule has 0 unspecified atom stereocenters. The Morgan fingerprint density at radius 3 is 2.78 bits per heavy atom. The molecule has 90 valence electrons. The van der Waals surface area contributed by atoms with Crippen LogP contribution >= 0.6 is 22.7 Å². The van der Waals surface area contributed by atoms with Gasteiger partial charge in [0.25, 0.3) is 0 Å². The van der Waals surface area contributed by atoms with E-state index in [1.807, 2.05) is 29.0 Å². The summed E-state index contributed by atoms with van der Waals surface area (Å²) >= 11 is 3.36. The van der Waals surface area contributed by atoms with Gasteiger partial charge < -0.3 is 0 Å². The van der Waals surface area contributed by atoms with Gasteiger partial charge in [0.1, 0.15) is 5.78 Å². The van der Waals surface area contributed by atoms with E-state index in [4.69, 9.17) is 0 Å². The van der Waals surface area contributed by atoms with Crippen LogP contribution in [0.3, 0.4) is 0 Å². The van der Waals surface area contributed by atoms with Crippen LogP contribution < -0.4 is 0 Å². The second-order valence-corrected chi connectivity index (χ2v) is 5.97. The first kappa shape index (κ1) is 11.6. The Bertz CT molecular complexity index is 665. The zero-order valence-corrected chi connectivity index (χ0v) is 11.4. The molecule has 1 nitrogen and oxygen atoms in total. The van der Waals surface area contributed by atoms with E-state index in [1.54, 1.807) is 22.7 Å². The first-order valence-electron chi connectivity index (χ1n) is 5.81. The van der Waals surface area contributed by atoms with Crippen molar-refractivity contribution in [2.45, 2.75) is 12.8 Å². The number of carbonyl (C=O) groups is 1. The molecule has 0 aliphatic rings. The van der Waals surface area contributed by atoms with E-state index in [0.29, 0.717) is 12.8 Å². The van der Waals surface area contributed by atoms with Gasteiger partial charge >= 0.3 is 0 Å². The summed E-state index contributed by atoms with van der Waals surface area (Å²) in [5.74, 6) is 0.289. The SMILES string of the molecule is O=C(Cc1ccsc1)Cc1csc2ccccc12. The summed E-state index contributed by atoms with van der Waals surface area (Å²) in [7, 11) is 0. The molecule has 0 spiro atoms. The van der Waals surface area contributed by atoms with E-state index in [1.165, 1.54) is 10.1 Å². The van der Waals surface area contributed by atoms with E-state index in [9.17, 15) is 4.79 Å². The Morgan fingerprint density at radius 2 is 1.94 bits per heavy atom. The molecule has 0 fully saturated rings. The van der Waals surface area contributed by atoms with Crippen LogP contribution in [0, 0.1) is 0 Å². The Labute approximate surface area is 114 Å². The van der Waals surface area contributed by atoms with Gasteiger partial charge in [0.05, 0.1) is 0 Å². The van der Waals surface area contributed by atoms with Crippen molar-refractivity contribution in [1.82, 2.24) is 0 Å². The molecule has 0 saturated carbocycles. The molecule has 3 aromatic rings. The van der Waals surface area contributed by atoms with Crippen LogP contribution in [0.2, 0.25) is 0 Å². The molecule has 0 aliphatic heterocycles. The lowest BCUT2D eigenvalue weighted by atomic mass is 10.0. The molecule has 1 aromatic carbocycles. The highest BCUT2D eigenvalue weighted by Crippen LogP contribution is 2.26. The van der Waals surface area contributed by atoms with Gasteiger partial charge in [-0.2, -0.15) is 11.3 Å². The van der Waals surface area contributed by atoms with Crippen LogP contribution in [0.4, 0.5) is 0 Å². The van der Waals surface area contributed by atoms with Crippen LogP contribution in [-0.4, -0.2) is 5.78 Å². The number of fused-ring (bicyclic) bond motifs is 1. The van der Waals surface area contributed by atoms with E-state index in [-0.39, 0.29) is 5.78 Å². The minimum atomic E-state index is 0.289. The second kappa shape index (κ2) is 5.04. The minimum Gasteiger partial charge on any atom is -0.299 e. The van der Waals surface area contributed by atoms with Gasteiger partial charge in [0.15, 0.2) is 0 Å². The molecule has 3 heteroatoms. The summed E-state index contributed by atoms with van der Waals surface area (Å²) in [6.07, 6.45) is 1.09. The molecule has 0 atom stereocenters. The van der Waals surface area contributed by atoms with Crippen LogP contribution in [0.15, 0.2) is 46.5 Å². The van der Waals surface area contributed by atoms with Crippen molar-refractivity contribution in [2.24, 2.45) is 0 Å². The molecule has 0 saturated heterocycles. The Balaban J connectivity index is 1.78. The quantitative estimate of drug-likeness (QED) is 0.691. The summed E-state index contributed by atoms with van der Waals surface area (Å²) < 4.78 is 1.26. The maximum atomic E-state index is 12.0. The van der Waals surface area contributed by atoms with Crippen molar-refractivity contribution in [3.63, 3.8) is 0 Å². The van der Waals surface area contributed by atoms with Crippen molar-refractivity contribution in [2.75, 3.05) is 0 Å². The predicted octanol–water partition coefficient (Wildman–Crippen LogP) is 4.32. The lowest BCUT2D eigenvalue weighted by molar-refractivity contribution is -0.117. The second-order valence-electron chi connectivity index (χ2n) is 4.28. The molecule has 3 rings (SSSR count). The third-order valence-electron chi connectivity index (χ3n) is 2.93. The van der Waals surface area contributed by atoms with Gasteiger partial charge in [-0.15, -0.1) is 11.3 Å². The number of ketones is 1. The van der Waals surface area contributed by atoms with E-state index < -0.39 is 0 Å². The highest BCUT2D eigenvalue weighted by molar-refractivity contribution is 7.17. The summed E-state index contributed by atoms with van der Waals surface area (Å²) in [6, 6.07) is 10.3. The monoisotopic (exact) mass is 272 g/mol. The van der Waals surface area contributed by atoms with Crippen molar-refractivity contribution < 1.29 is 4.79 Å². The first-order chi connectivity index (χ1) is 8.83. The third-order valence-corrected chi connectivity index (χ3v) is 4.67. The van der Waals surface area contributed by atoms with Crippen LogP contribution in [0.5, 0.6) is 0 Å². The highest BCUT2D eigenvalue weighted by atomic mass is 32.1. The highest BCUT2D eigenvalue weighted by Gasteiger charge is 2.09. The lowest BCUT2D eigenvalue weighted by Gasteiger charge is -1.99. The van der Waals surface area contributed by atoms with Gasteiger partial charge in [-0.25, -0.2) is 0 Å². The normalized spacial score (nSPS) is 10.9. The van der Waals surface area contributed by atoms with Crippen molar-refractivity contribution >= 4 is 38.5 Å².